The van der Waals surface area contributed by atoms with Crippen LogP contribution in [0.4, 0.5) is 0 Å². The average molecular weight is 277 g/mol. The van der Waals surface area contributed by atoms with Gasteiger partial charge in [-0.05, 0) is 42.1 Å². The molecule has 0 aliphatic heterocycles. The van der Waals surface area contributed by atoms with Gasteiger partial charge in [0, 0.05) is 23.2 Å². The first-order valence-corrected chi connectivity index (χ1v) is 7.20. The van der Waals surface area contributed by atoms with Crippen LogP contribution in [0.3, 0.4) is 0 Å². The van der Waals surface area contributed by atoms with Crippen LogP contribution >= 0.6 is 11.6 Å². The van der Waals surface area contributed by atoms with Gasteiger partial charge in [-0.25, -0.2) is 0 Å². The second-order valence-corrected chi connectivity index (χ2v) is 5.87. The maximum Gasteiger partial charge on any atom is 0.0761 e. The van der Waals surface area contributed by atoms with Crippen molar-refractivity contribution in [2.75, 3.05) is 6.54 Å². The predicted octanol–water partition coefficient (Wildman–Crippen LogP) is 4.27. The van der Waals surface area contributed by atoms with Gasteiger partial charge in [0.05, 0.1) is 5.52 Å². The Morgan fingerprint density at radius 3 is 2.74 bits per heavy atom. The number of hydrogen-bond donors (Lipinski definition) is 1. The second-order valence-electron chi connectivity index (χ2n) is 5.46. The van der Waals surface area contributed by atoms with Gasteiger partial charge in [-0.15, -0.1) is 0 Å². The first-order valence-electron chi connectivity index (χ1n) is 6.82. The van der Waals surface area contributed by atoms with E-state index < -0.39 is 0 Å². The summed E-state index contributed by atoms with van der Waals surface area (Å²) in [7, 11) is 0. The highest BCUT2D eigenvalue weighted by molar-refractivity contribution is 6.35. The normalized spacial score (nSPS) is 13.1. The van der Waals surface area contributed by atoms with E-state index in [0.29, 0.717) is 11.8 Å². The third kappa shape index (κ3) is 3.46. The van der Waals surface area contributed by atoms with Crippen molar-refractivity contribution in [1.82, 2.24) is 10.3 Å². The highest BCUT2D eigenvalue weighted by Gasteiger charge is 2.08. The van der Waals surface area contributed by atoms with E-state index in [1.165, 1.54) is 5.56 Å². The first kappa shape index (κ1) is 14.3. The number of halogens is 1. The van der Waals surface area contributed by atoms with Gasteiger partial charge < -0.3 is 5.32 Å². The van der Waals surface area contributed by atoms with Crippen LogP contribution in [0.15, 0.2) is 30.5 Å². The van der Waals surface area contributed by atoms with Crippen LogP contribution in [0, 0.1) is 11.8 Å². The molecular weight excluding hydrogens is 256 g/mol. The monoisotopic (exact) mass is 276 g/mol. The lowest BCUT2D eigenvalue weighted by Crippen LogP contribution is -2.23. The number of rotatable bonds is 5. The van der Waals surface area contributed by atoms with Crippen molar-refractivity contribution in [1.29, 1.82) is 0 Å². The third-order valence-corrected chi connectivity index (χ3v) is 4.05. The summed E-state index contributed by atoms with van der Waals surface area (Å²) in [4.78, 5) is 4.45. The average Bonchev–Trinajstić information content (AvgIpc) is 2.41. The molecule has 2 nitrogen and oxygen atoms in total. The number of hydrogen-bond acceptors (Lipinski definition) is 2. The molecule has 0 amide bonds. The molecule has 1 aromatic heterocycles. The summed E-state index contributed by atoms with van der Waals surface area (Å²) in [6.45, 7) is 8.64. The summed E-state index contributed by atoms with van der Waals surface area (Å²) in [6.07, 6.45) is 1.82. The van der Waals surface area contributed by atoms with E-state index in [2.05, 4.69) is 37.1 Å². The molecule has 0 spiro atoms. The molecule has 1 aromatic carbocycles. The SMILES string of the molecule is CC(C)C(C)CNCc1ccc(Cl)c2cccnc12. The molecule has 1 unspecified atom stereocenters. The minimum atomic E-state index is 0.673. The number of benzene rings is 1. The van der Waals surface area contributed by atoms with Gasteiger partial charge in [-0.2, -0.15) is 0 Å². The molecule has 0 aliphatic carbocycles. The number of fused-ring (bicyclic) bond motifs is 1. The van der Waals surface area contributed by atoms with E-state index in [9.17, 15) is 0 Å². The van der Waals surface area contributed by atoms with Gasteiger partial charge in [0.2, 0.25) is 0 Å². The Morgan fingerprint density at radius 1 is 1.21 bits per heavy atom. The van der Waals surface area contributed by atoms with E-state index in [4.69, 9.17) is 11.6 Å². The largest absolute Gasteiger partial charge is 0.312 e. The van der Waals surface area contributed by atoms with Gasteiger partial charge in [0.25, 0.3) is 0 Å². The van der Waals surface area contributed by atoms with Crippen molar-refractivity contribution < 1.29 is 0 Å². The van der Waals surface area contributed by atoms with Crippen LogP contribution in [0.5, 0.6) is 0 Å². The zero-order chi connectivity index (χ0) is 13.8. The van der Waals surface area contributed by atoms with Gasteiger partial charge >= 0.3 is 0 Å². The van der Waals surface area contributed by atoms with Crippen LogP contribution < -0.4 is 5.32 Å². The van der Waals surface area contributed by atoms with Crippen molar-refractivity contribution >= 4 is 22.5 Å². The Balaban J connectivity index is 2.11. The van der Waals surface area contributed by atoms with Gasteiger partial charge in [0.1, 0.15) is 0 Å². The molecule has 0 saturated heterocycles. The lowest BCUT2D eigenvalue weighted by molar-refractivity contribution is 0.393. The fraction of sp³-hybridized carbons (Fsp3) is 0.438. The molecule has 102 valence electrons. The minimum Gasteiger partial charge on any atom is -0.312 e. The molecular formula is C16H21ClN2. The lowest BCUT2D eigenvalue weighted by atomic mass is 9.98. The maximum absolute atomic E-state index is 6.19. The van der Waals surface area contributed by atoms with Crippen molar-refractivity contribution in [3.05, 3.63) is 41.0 Å². The Labute approximate surface area is 120 Å². The third-order valence-electron chi connectivity index (χ3n) is 3.72. The molecule has 0 bridgehead atoms. The van der Waals surface area contributed by atoms with E-state index in [-0.39, 0.29) is 0 Å². The molecule has 1 N–H and O–H groups in total. The minimum absolute atomic E-state index is 0.673. The number of aromatic nitrogens is 1. The van der Waals surface area contributed by atoms with E-state index >= 15 is 0 Å². The standard InChI is InChI=1S/C16H21ClN2/c1-11(2)12(3)9-18-10-13-6-7-15(17)14-5-4-8-19-16(13)14/h4-8,11-12,18H,9-10H2,1-3H3. The maximum atomic E-state index is 6.19. The van der Waals surface area contributed by atoms with Gasteiger partial charge in [-0.1, -0.05) is 38.4 Å². The Kier molecular flexibility index (Phi) is 4.78. The molecule has 0 radical (unpaired) electrons. The number of nitrogens with one attached hydrogen (secondary N) is 1. The topological polar surface area (TPSA) is 24.9 Å². The second kappa shape index (κ2) is 6.36. The summed E-state index contributed by atoms with van der Waals surface area (Å²) in [5.74, 6) is 1.37. The summed E-state index contributed by atoms with van der Waals surface area (Å²) in [5, 5.41) is 5.31. The van der Waals surface area contributed by atoms with Gasteiger partial charge in [0.15, 0.2) is 0 Å². The summed E-state index contributed by atoms with van der Waals surface area (Å²) < 4.78 is 0. The van der Waals surface area contributed by atoms with Crippen molar-refractivity contribution in [3.8, 4) is 0 Å². The molecule has 2 rings (SSSR count). The summed E-state index contributed by atoms with van der Waals surface area (Å²) in [6, 6.07) is 7.95. The molecule has 2 aromatic rings. The lowest BCUT2D eigenvalue weighted by Gasteiger charge is -2.16. The molecule has 0 saturated carbocycles. The Hall–Kier alpha value is -1.12. The predicted molar refractivity (Wildman–Crippen MR) is 82.5 cm³/mol. The van der Waals surface area contributed by atoms with Crippen LogP contribution in [-0.4, -0.2) is 11.5 Å². The Morgan fingerprint density at radius 2 is 2.00 bits per heavy atom. The fourth-order valence-corrected chi connectivity index (χ4v) is 2.22. The highest BCUT2D eigenvalue weighted by atomic mass is 35.5. The van der Waals surface area contributed by atoms with E-state index in [0.717, 1.165) is 29.0 Å². The van der Waals surface area contributed by atoms with Crippen molar-refractivity contribution in [2.45, 2.75) is 27.3 Å². The van der Waals surface area contributed by atoms with Crippen LogP contribution in [0.25, 0.3) is 10.9 Å². The zero-order valence-electron chi connectivity index (χ0n) is 11.8. The van der Waals surface area contributed by atoms with Crippen LogP contribution in [-0.2, 0) is 6.54 Å². The molecule has 1 heterocycles. The molecule has 1 atom stereocenters. The van der Waals surface area contributed by atoms with E-state index in [1.54, 1.807) is 0 Å². The van der Waals surface area contributed by atoms with Crippen LogP contribution in [0.2, 0.25) is 5.02 Å². The fourth-order valence-electron chi connectivity index (χ4n) is 2.01. The molecule has 19 heavy (non-hydrogen) atoms. The number of nitrogens with zero attached hydrogens (tertiary/aromatic N) is 1. The molecule has 0 aliphatic rings. The molecule has 0 fully saturated rings. The van der Waals surface area contributed by atoms with Crippen molar-refractivity contribution in [2.24, 2.45) is 11.8 Å². The number of pyridine rings is 1. The first-order chi connectivity index (χ1) is 9.09. The summed E-state index contributed by atoms with van der Waals surface area (Å²) >= 11 is 6.19. The highest BCUT2D eigenvalue weighted by Crippen LogP contribution is 2.24. The van der Waals surface area contributed by atoms with E-state index in [1.807, 2.05) is 24.4 Å². The zero-order valence-corrected chi connectivity index (χ0v) is 12.5. The molecule has 3 heteroatoms. The Bertz CT molecular complexity index is 551. The van der Waals surface area contributed by atoms with Crippen molar-refractivity contribution in [3.63, 3.8) is 0 Å². The van der Waals surface area contributed by atoms with Crippen LogP contribution in [0.1, 0.15) is 26.3 Å². The van der Waals surface area contributed by atoms with Gasteiger partial charge in [-0.3, -0.25) is 4.98 Å². The quantitative estimate of drug-likeness (QED) is 0.882. The summed E-state index contributed by atoms with van der Waals surface area (Å²) in [5.41, 5.74) is 2.20. The smallest absolute Gasteiger partial charge is 0.0761 e.